The number of nitrogens with one attached hydrogen (secondary N) is 1. The minimum Gasteiger partial charge on any atom is -0.412 e. The Hall–Kier alpha value is -3.11. The first kappa shape index (κ1) is 18.7. The van der Waals surface area contributed by atoms with Crippen molar-refractivity contribution in [3.8, 4) is 11.5 Å². The van der Waals surface area contributed by atoms with Gasteiger partial charge in [0.1, 0.15) is 0 Å². The Balaban J connectivity index is 1.71. The maximum atomic E-state index is 12.1. The van der Waals surface area contributed by atoms with Crippen molar-refractivity contribution in [2.24, 2.45) is 0 Å². The number of rotatable bonds is 6. The molecule has 0 spiro atoms. The van der Waals surface area contributed by atoms with Gasteiger partial charge in [0.05, 0.1) is 4.90 Å². The highest BCUT2D eigenvalue weighted by molar-refractivity contribution is 7.89. The second-order valence-electron chi connectivity index (χ2n) is 5.76. The molecule has 1 aromatic carbocycles. The van der Waals surface area contributed by atoms with E-state index in [1.165, 1.54) is 26.2 Å². The predicted octanol–water partition coefficient (Wildman–Crippen LogP) is 1.31. The SMILES string of the molecule is CN(C)S(=O)(=O)c1ccc(-c2nnc(C(=O)NCc3ccncc3)o2)cc1. The molecule has 0 fully saturated rings. The van der Waals surface area contributed by atoms with Crippen LogP contribution in [0.2, 0.25) is 0 Å². The summed E-state index contributed by atoms with van der Waals surface area (Å²) < 4.78 is 30.7. The monoisotopic (exact) mass is 387 g/mol. The molecule has 0 saturated carbocycles. The van der Waals surface area contributed by atoms with Gasteiger partial charge >= 0.3 is 11.8 Å². The van der Waals surface area contributed by atoms with Crippen molar-refractivity contribution in [2.45, 2.75) is 11.4 Å². The molecule has 27 heavy (non-hydrogen) atoms. The van der Waals surface area contributed by atoms with E-state index in [0.29, 0.717) is 12.1 Å². The number of carbonyl (C=O) groups excluding carboxylic acids is 1. The topological polar surface area (TPSA) is 118 Å². The molecule has 3 rings (SSSR count). The Kier molecular flexibility index (Phi) is 5.28. The smallest absolute Gasteiger partial charge is 0.309 e. The maximum Gasteiger partial charge on any atom is 0.309 e. The zero-order valence-electron chi connectivity index (χ0n) is 14.7. The van der Waals surface area contributed by atoms with Crippen molar-refractivity contribution in [2.75, 3.05) is 14.1 Å². The van der Waals surface area contributed by atoms with Crippen LogP contribution in [0.4, 0.5) is 0 Å². The van der Waals surface area contributed by atoms with Crippen molar-refractivity contribution in [3.63, 3.8) is 0 Å². The number of hydrogen-bond acceptors (Lipinski definition) is 7. The molecule has 9 nitrogen and oxygen atoms in total. The van der Waals surface area contributed by atoms with Crippen LogP contribution in [-0.4, -0.2) is 47.9 Å². The molecule has 0 aliphatic rings. The van der Waals surface area contributed by atoms with E-state index in [4.69, 9.17) is 4.42 Å². The molecule has 3 aromatic rings. The number of pyridine rings is 1. The van der Waals surface area contributed by atoms with Crippen molar-refractivity contribution in [1.29, 1.82) is 0 Å². The van der Waals surface area contributed by atoms with Crippen molar-refractivity contribution in [3.05, 3.63) is 60.2 Å². The average molecular weight is 387 g/mol. The lowest BCUT2D eigenvalue weighted by Crippen LogP contribution is -2.23. The van der Waals surface area contributed by atoms with E-state index in [2.05, 4.69) is 20.5 Å². The summed E-state index contributed by atoms with van der Waals surface area (Å²) in [5, 5.41) is 10.3. The third kappa shape index (κ3) is 4.18. The van der Waals surface area contributed by atoms with Gasteiger partial charge in [0, 0.05) is 38.6 Å². The van der Waals surface area contributed by atoms with Gasteiger partial charge in [-0.3, -0.25) is 9.78 Å². The first-order valence-corrected chi connectivity index (χ1v) is 9.35. The quantitative estimate of drug-likeness (QED) is 0.677. The fourth-order valence-electron chi connectivity index (χ4n) is 2.17. The molecule has 0 radical (unpaired) electrons. The number of carbonyl (C=O) groups is 1. The van der Waals surface area contributed by atoms with Crippen LogP contribution in [0.15, 0.2) is 58.1 Å². The number of amides is 1. The lowest BCUT2D eigenvalue weighted by molar-refractivity contribution is 0.0917. The zero-order valence-corrected chi connectivity index (χ0v) is 15.5. The van der Waals surface area contributed by atoms with Gasteiger partial charge in [-0.1, -0.05) is 0 Å². The van der Waals surface area contributed by atoms with Crippen molar-refractivity contribution in [1.82, 2.24) is 24.8 Å². The molecule has 0 unspecified atom stereocenters. The Morgan fingerprint density at radius 1 is 1.07 bits per heavy atom. The minimum atomic E-state index is -3.52. The van der Waals surface area contributed by atoms with Gasteiger partial charge in [0.15, 0.2) is 0 Å². The van der Waals surface area contributed by atoms with E-state index in [9.17, 15) is 13.2 Å². The molecule has 0 atom stereocenters. The summed E-state index contributed by atoms with van der Waals surface area (Å²) in [5.74, 6) is -0.556. The molecule has 1 N–H and O–H groups in total. The lowest BCUT2D eigenvalue weighted by atomic mass is 10.2. The molecular weight excluding hydrogens is 370 g/mol. The van der Waals surface area contributed by atoms with Crippen LogP contribution in [0.25, 0.3) is 11.5 Å². The highest BCUT2D eigenvalue weighted by Crippen LogP contribution is 2.21. The Bertz CT molecular complexity index is 1030. The van der Waals surface area contributed by atoms with Gasteiger partial charge in [-0.05, 0) is 42.0 Å². The Morgan fingerprint density at radius 3 is 2.37 bits per heavy atom. The summed E-state index contributed by atoms with van der Waals surface area (Å²) in [6.07, 6.45) is 3.26. The average Bonchev–Trinajstić information content (AvgIpc) is 3.17. The van der Waals surface area contributed by atoms with Gasteiger partial charge < -0.3 is 9.73 Å². The summed E-state index contributed by atoms with van der Waals surface area (Å²) >= 11 is 0. The zero-order chi connectivity index (χ0) is 19.4. The maximum absolute atomic E-state index is 12.1. The summed E-state index contributed by atoms with van der Waals surface area (Å²) in [6.45, 7) is 0.302. The summed E-state index contributed by atoms with van der Waals surface area (Å²) in [5.41, 5.74) is 1.39. The number of hydrogen-bond donors (Lipinski definition) is 1. The van der Waals surface area contributed by atoms with Crippen LogP contribution in [0.5, 0.6) is 0 Å². The number of benzene rings is 1. The third-order valence-electron chi connectivity index (χ3n) is 3.70. The highest BCUT2D eigenvalue weighted by atomic mass is 32.2. The van der Waals surface area contributed by atoms with Crippen LogP contribution in [0, 0.1) is 0 Å². The summed E-state index contributed by atoms with van der Waals surface area (Å²) in [7, 11) is -0.607. The fraction of sp³-hybridized carbons (Fsp3) is 0.176. The van der Waals surface area contributed by atoms with Crippen LogP contribution >= 0.6 is 0 Å². The molecule has 2 aromatic heterocycles. The molecule has 0 aliphatic carbocycles. The normalized spacial score (nSPS) is 11.5. The van der Waals surface area contributed by atoms with E-state index < -0.39 is 15.9 Å². The second kappa shape index (κ2) is 7.64. The van der Waals surface area contributed by atoms with Gasteiger partial charge in [0.2, 0.25) is 15.9 Å². The predicted molar refractivity (Wildman–Crippen MR) is 96.0 cm³/mol. The molecular formula is C17H17N5O4S. The minimum absolute atomic E-state index is 0.123. The van der Waals surface area contributed by atoms with E-state index >= 15 is 0 Å². The van der Waals surface area contributed by atoms with Crippen molar-refractivity contribution >= 4 is 15.9 Å². The number of aromatic nitrogens is 3. The van der Waals surface area contributed by atoms with E-state index in [1.54, 1.807) is 36.7 Å². The Morgan fingerprint density at radius 2 is 1.74 bits per heavy atom. The summed E-state index contributed by atoms with van der Waals surface area (Å²) in [6, 6.07) is 9.53. The second-order valence-corrected chi connectivity index (χ2v) is 7.91. The summed E-state index contributed by atoms with van der Waals surface area (Å²) in [4.78, 5) is 16.2. The van der Waals surface area contributed by atoms with E-state index in [0.717, 1.165) is 9.87 Å². The molecule has 140 valence electrons. The van der Waals surface area contributed by atoms with E-state index in [-0.39, 0.29) is 16.7 Å². The number of nitrogens with zero attached hydrogens (tertiary/aromatic N) is 4. The molecule has 0 saturated heterocycles. The van der Waals surface area contributed by atoms with Gasteiger partial charge in [-0.15, -0.1) is 10.2 Å². The molecule has 1 amide bonds. The standard InChI is InChI=1S/C17H17N5O4S/c1-22(2)27(24,25)14-5-3-13(4-6-14)16-20-21-17(26-16)15(23)19-11-12-7-9-18-10-8-12/h3-10H,11H2,1-2H3,(H,19,23). The first-order chi connectivity index (χ1) is 12.9. The largest absolute Gasteiger partial charge is 0.412 e. The molecule has 10 heteroatoms. The Labute approximate surface area is 156 Å². The van der Waals surface area contributed by atoms with E-state index in [1.807, 2.05) is 0 Å². The molecule has 0 bridgehead atoms. The van der Waals surface area contributed by atoms with Gasteiger partial charge in [-0.2, -0.15) is 0 Å². The third-order valence-corrected chi connectivity index (χ3v) is 5.53. The lowest BCUT2D eigenvalue weighted by Gasteiger charge is -2.11. The fourth-order valence-corrected chi connectivity index (χ4v) is 3.07. The molecule has 0 aliphatic heterocycles. The number of sulfonamides is 1. The van der Waals surface area contributed by atoms with Crippen molar-refractivity contribution < 1.29 is 17.6 Å². The van der Waals surface area contributed by atoms with Crippen LogP contribution in [0.1, 0.15) is 16.2 Å². The van der Waals surface area contributed by atoms with Crippen LogP contribution < -0.4 is 5.32 Å². The highest BCUT2D eigenvalue weighted by Gasteiger charge is 2.19. The molecule has 2 heterocycles. The van der Waals surface area contributed by atoms with Gasteiger partial charge in [0.25, 0.3) is 0 Å². The van der Waals surface area contributed by atoms with Crippen LogP contribution in [-0.2, 0) is 16.6 Å². The van der Waals surface area contributed by atoms with Crippen LogP contribution in [0.3, 0.4) is 0 Å². The first-order valence-electron chi connectivity index (χ1n) is 7.91. The van der Waals surface area contributed by atoms with Gasteiger partial charge in [-0.25, -0.2) is 12.7 Å².